The number of benzene rings is 1. The Morgan fingerprint density at radius 3 is 2.81 bits per heavy atom. The molecular weight excluding hydrogens is 338 g/mol. The number of ether oxygens (including phenoxy) is 3. The summed E-state index contributed by atoms with van der Waals surface area (Å²) in [6, 6.07) is 8.19. The van der Waals surface area contributed by atoms with E-state index in [0.29, 0.717) is 29.4 Å². The maximum absolute atomic E-state index is 12.4. The lowest BCUT2D eigenvalue weighted by atomic mass is 10.0. The first-order valence-corrected chi connectivity index (χ1v) is 8.18. The molecule has 1 aromatic carbocycles. The Kier molecular flexibility index (Phi) is 5.60. The van der Waals surface area contributed by atoms with Gasteiger partial charge < -0.3 is 19.3 Å². The molecule has 0 spiro atoms. The zero-order valence-electron chi connectivity index (χ0n) is 14.3. The van der Waals surface area contributed by atoms with Crippen molar-refractivity contribution in [3.63, 3.8) is 0 Å². The van der Waals surface area contributed by atoms with E-state index in [9.17, 15) is 14.7 Å². The van der Waals surface area contributed by atoms with E-state index >= 15 is 0 Å². The molecule has 1 unspecified atom stereocenters. The molecule has 136 valence electrons. The van der Waals surface area contributed by atoms with Crippen LogP contribution in [0.1, 0.15) is 39.3 Å². The van der Waals surface area contributed by atoms with E-state index in [1.807, 2.05) is 0 Å². The summed E-state index contributed by atoms with van der Waals surface area (Å²) in [5.74, 6) is 0.388. The van der Waals surface area contributed by atoms with E-state index in [0.717, 1.165) is 5.56 Å². The van der Waals surface area contributed by atoms with Crippen LogP contribution in [0, 0.1) is 0 Å². The average Bonchev–Trinajstić information content (AvgIpc) is 2.65. The fourth-order valence-electron chi connectivity index (χ4n) is 2.62. The highest BCUT2D eigenvalue weighted by molar-refractivity contribution is 6.01. The molecule has 1 N–H and O–H groups in total. The summed E-state index contributed by atoms with van der Waals surface area (Å²) in [5.41, 5.74) is 1.57. The van der Waals surface area contributed by atoms with E-state index in [4.69, 9.17) is 14.2 Å². The van der Waals surface area contributed by atoms with Gasteiger partial charge in [0, 0.05) is 31.7 Å². The summed E-state index contributed by atoms with van der Waals surface area (Å²) in [4.78, 5) is 28.7. The molecule has 1 aromatic heterocycles. The van der Waals surface area contributed by atoms with Crippen LogP contribution in [0.2, 0.25) is 0 Å². The molecule has 0 radical (unpaired) electrons. The Morgan fingerprint density at radius 1 is 1.19 bits per heavy atom. The van der Waals surface area contributed by atoms with Crippen LogP contribution in [0.4, 0.5) is 0 Å². The van der Waals surface area contributed by atoms with Gasteiger partial charge in [-0.2, -0.15) is 0 Å². The second-order valence-corrected chi connectivity index (χ2v) is 5.87. The van der Waals surface area contributed by atoms with Gasteiger partial charge in [0.1, 0.15) is 5.69 Å². The van der Waals surface area contributed by atoms with Crippen LogP contribution < -0.4 is 9.47 Å². The van der Waals surface area contributed by atoms with Crippen molar-refractivity contribution < 1.29 is 28.9 Å². The summed E-state index contributed by atoms with van der Waals surface area (Å²) < 4.78 is 15.6. The van der Waals surface area contributed by atoms with Crippen molar-refractivity contribution in [3.05, 3.63) is 53.3 Å². The van der Waals surface area contributed by atoms with Gasteiger partial charge >= 0.3 is 0 Å². The summed E-state index contributed by atoms with van der Waals surface area (Å²) in [5, 5.41) is 9.46. The van der Waals surface area contributed by atoms with Gasteiger partial charge in [-0.05, 0) is 35.9 Å². The van der Waals surface area contributed by atoms with Crippen molar-refractivity contribution >= 4 is 11.6 Å². The lowest BCUT2D eigenvalue weighted by Gasteiger charge is -2.23. The minimum absolute atomic E-state index is 0.0456. The van der Waals surface area contributed by atoms with E-state index in [1.54, 1.807) is 37.6 Å². The van der Waals surface area contributed by atoms with Crippen LogP contribution in [0.3, 0.4) is 0 Å². The topological polar surface area (TPSA) is 95.0 Å². The summed E-state index contributed by atoms with van der Waals surface area (Å²) in [6.07, 6.45) is 0.603. The molecule has 2 heterocycles. The molecule has 1 aliphatic rings. The minimum atomic E-state index is -1.06. The lowest BCUT2D eigenvalue weighted by Crippen LogP contribution is -2.28. The number of aliphatic hydroxyl groups excluding tert-OH is 1. The third-order valence-corrected chi connectivity index (χ3v) is 3.91. The largest absolute Gasteiger partial charge is 0.483 e. The third-order valence-electron chi connectivity index (χ3n) is 3.91. The summed E-state index contributed by atoms with van der Waals surface area (Å²) >= 11 is 0. The van der Waals surface area contributed by atoms with Gasteiger partial charge in [-0.1, -0.05) is 0 Å². The number of methoxy groups -OCH3 is 1. The van der Waals surface area contributed by atoms with Crippen LogP contribution in [-0.2, 0) is 11.3 Å². The fourth-order valence-corrected chi connectivity index (χ4v) is 2.62. The third kappa shape index (κ3) is 4.25. The number of ketones is 2. The number of pyridine rings is 1. The van der Waals surface area contributed by atoms with Gasteiger partial charge in [0.25, 0.3) is 0 Å². The Labute approximate surface area is 150 Å². The van der Waals surface area contributed by atoms with Gasteiger partial charge in [0.15, 0.2) is 29.7 Å². The van der Waals surface area contributed by atoms with Crippen molar-refractivity contribution in [1.82, 2.24) is 4.98 Å². The zero-order valence-corrected chi connectivity index (χ0v) is 14.3. The highest BCUT2D eigenvalue weighted by Crippen LogP contribution is 2.32. The first kappa shape index (κ1) is 18.0. The number of hydrogen-bond donors (Lipinski definition) is 1. The number of aliphatic hydroxyl groups is 1. The lowest BCUT2D eigenvalue weighted by molar-refractivity contribution is -0.0670. The number of hydrogen-bond acceptors (Lipinski definition) is 7. The molecule has 0 fully saturated rings. The molecule has 3 rings (SSSR count). The molecule has 1 atom stereocenters. The fraction of sp³-hybridized carbons (Fsp3) is 0.316. The summed E-state index contributed by atoms with van der Waals surface area (Å²) in [6.45, 7) is 0.439. The van der Waals surface area contributed by atoms with Crippen LogP contribution in [0.25, 0.3) is 0 Å². The maximum Gasteiger partial charge on any atom is 0.232 e. The van der Waals surface area contributed by atoms with Gasteiger partial charge in [-0.15, -0.1) is 0 Å². The summed E-state index contributed by atoms with van der Waals surface area (Å²) in [7, 11) is 1.58. The molecule has 0 saturated heterocycles. The minimum Gasteiger partial charge on any atom is -0.483 e. The number of nitrogens with zero attached hydrogens (tertiary/aromatic N) is 1. The number of fused-ring (bicyclic) bond motifs is 1. The average molecular weight is 357 g/mol. The molecule has 0 saturated carbocycles. The molecule has 0 aliphatic carbocycles. The Balaban J connectivity index is 1.63. The number of Topliss-reactive ketones (excluding diaryl/α,β-unsaturated/α-hetero) is 2. The number of aromatic nitrogens is 1. The van der Waals surface area contributed by atoms with Gasteiger partial charge in [0.05, 0.1) is 6.61 Å². The molecule has 7 nitrogen and oxygen atoms in total. The molecule has 1 aliphatic heterocycles. The van der Waals surface area contributed by atoms with Gasteiger partial charge in [-0.3, -0.25) is 14.6 Å². The zero-order chi connectivity index (χ0) is 18.5. The Hall–Kier alpha value is -2.77. The van der Waals surface area contributed by atoms with Crippen molar-refractivity contribution in [1.29, 1.82) is 0 Å². The van der Waals surface area contributed by atoms with Crippen molar-refractivity contribution in [2.24, 2.45) is 0 Å². The first-order valence-electron chi connectivity index (χ1n) is 8.18. The number of rotatable bonds is 7. The van der Waals surface area contributed by atoms with E-state index in [-0.39, 0.29) is 31.0 Å². The second-order valence-electron chi connectivity index (χ2n) is 5.87. The van der Waals surface area contributed by atoms with E-state index in [2.05, 4.69) is 4.98 Å². The predicted molar refractivity (Wildman–Crippen MR) is 91.4 cm³/mol. The molecular formula is C19H19NO6. The standard InChI is InChI=1S/C19H19NO6/c1-24-10-12-6-7-20-14(8-12)16(22)4-3-15(21)13-2-5-17-18(9-13)26-19(23)11-25-17/h2,5-9,19,23H,3-4,10-11H2,1H3. The van der Waals surface area contributed by atoms with Crippen LogP contribution in [0.5, 0.6) is 11.5 Å². The highest BCUT2D eigenvalue weighted by Gasteiger charge is 2.20. The molecule has 0 amide bonds. The Morgan fingerprint density at radius 2 is 2.00 bits per heavy atom. The predicted octanol–water partition coefficient (Wildman–Crippen LogP) is 2.16. The second kappa shape index (κ2) is 8.07. The van der Waals surface area contributed by atoms with Crippen LogP contribution in [0.15, 0.2) is 36.5 Å². The van der Waals surface area contributed by atoms with Gasteiger partial charge in [-0.25, -0.2) is 0 Å². The SMILES string of the molecule is COCc1ccnc(C(=O)CCC(=O)c2ccc3c(c2)OC(O)CO3)c1. The molecule has 2 aromatic rings. The van der Waals surface area contributed by atoms with Crippen LogP contribution >= 0.6 is 0 Å². The smallest absolute Gasteiger partial charge is 0.232 e. The van der Waals surface area contributed by atoms with Crippen LogP contribution in [-0.4, -0.2) is 41.7 Å². The highest BCUT2D eigenvalue weighted by atomic mass is 16.7. The van der Waals surface area contributed by atoms with Crippen molar-refractivity contribution in [2.45, 2.75) is 25.7 Å². The molecule has 7 heteroatoms. The number of carbonyl (C=O) groups excluding carboxylic acids is 2. The number of carbonyl (C=O) groups is 2. The normalized spacial score (nSPS) is 15.5. The monoisotopic (exact) mass is 357 g/mol. The van der Waals surface area contributed by atoms with E-state index in [1.165, 1.54) is 6.07 Å². The van der Waals surface area contributed by atoms with Crippen molar-refractivity contribution in [2.75, 3.05) is 13.7 Å². The Bertz CT molecular complexity index is 819. The maximum atomic E-state index is 12.4. The van der Waals surface area contributed by atoms with Gasteiger partial charge in [0.2, 0.25) is 6.29 Å². The first-order chi connectivity index (χ1) is 12.6. The van der Waals surface area contributed by atoms with Crippen molar-refractivity contribution in [3.8, 4) is 11.5 Å². The quantitative estimate of drug-likeness (QED) is 0.759. The molecule has 26 heavy (non-hydrogen) atoms. The molecule has 0 bridgehead atoms. The van der Waals surface area contributed by atoms with E-state index < -0.39 is 6.29 Å².